The summed E-state index contributed by atoms with van der Waals surface area (Å²) in [7, 11) is 1.69. The van der Waals surface area contributed by atoms with Crippen molar-refractivity contribution >= 4 is 0 Å². The van der Waals surface area contributed by atoms with Gasteiger partial charge in [0.1, 0.15) is 0 Å². The van der Waals surface area contributed by atoms with Crippen LogP contribution in [0.3, 0.4) is 0 Å². The van der Waals surface area contributed by atoms with E-state index in [9.17, 15) is 0 Å². The van der Waals surface area contributed by atoms with Crippen LogP contribution in [0.15, 0.2) is 0 Å². The summed E-state index contributed by atoms with van der Waals surface area (Å²) in [6, 6.07) is 0. The highest BCUT2D eigenvalue weighted by molar-refractivity contribution is 4.85. The standard InChI is InChI=1S/C13H30N2O2/c1-5-13(3,12-14)15(6-2)8-7-9-17-11-10-16-4/h5-12,14H2,1-4H3. The maximum Gasteiger partial charge on any atom is 0.0700 e. The molecule has 17 heavy (non-hydrogen) atoms. The van der Waals surface area contributed by atoms with Crippen LogP contribution in [0.2, 0.25) is 0 Å². The molecule has 0 rings (SSSR count). The van der Waals surface area contributed by atoms with Crippen molar-refractivity contribution in [3.8, 4) is 0 Å². The first-order valence-electron chi connectivity index (χ1n) is 6.66. The lowest BCUT2D eigenvalue weighted by Gasteiger charge is -2.39. The Morgan fingerprint density at radius 3 is 2.35 bits per heavy atom. The molecule has 0 bridgehead atoms. The second-order valence-electron chi connectivity index (χ2n) is 4.59. The zero-order valence-electron chi connectivity index (χ0n) is 12.0. The van der Waals surface area contributed by atoms with Crippen molar-refractivity contribution in [2.45, 2.75) is 39.2 Å². The molecule has 0 aliphatic carbocycles. The van der Waals surface area contributed by atoms with Crippen LogP contribution in [-0.4, -0.2) is 57.0 Å². The minimum atomic E-state index is 0.126. The zero-order chi connectivity index (χ0) is 13.1. The molecule has 2 N–H and O–H groups in total. The van der Waals surface area contributed by atoms with E-state index in [4.69, 9.17) is 15.2 Å². The Hall–Kier alpha value is -0.160. The van der Waals surface area contributed by atoms with Crippen LogP contribution < -0.4 is 5.73 Å². The molecule has 4 heteroatoms. The van der Waals surface area contributed by atoms with Gasteiger partial charge in [-0.2, -0.15) is 0 Å². The number of rotatable bonds is 11. The molecular weight excluding hydrogens is 216 g/mol. The number of methoxy groups -OCH3 is 1. The maximum atomic E-state index is 5.87. The molecule has 0 aliphatic heterocycles. The van der Waals surface area contributed by atoms with E-state index < -0.39 is 0 Å². The van der Waals surface area contributed by atoms with Gasteiger partial charge in [-0.3, -0.25) is 4.90 Å². The van der Waals surface area contributed by atoms with Gasteiger partial charge < -0.3 is 15.2 Å². The monoisotopic (exact) mass is 246 g/mol. The van der Waals surface area contributed by atoms with Crippen molar-refractivity contribution in [2.24, 2.45) is 5.73 Å². The summed E-state index contributed by atoms with van der Waals surface area (Å²) in [5.74, 6) is 0. The summed E-state index contributed by atoms with van der Waals surface area (Å²) in [5, 5.41) is 0. The summed E-state index contributed by atoms with van der Waals surface area (Å²) >= 11 is 0. The fraction of sp³-hybridized carbons (Fsp3) is 1.00. The molecule has 0 amide bonds. The molecule has 0 aromatic rings. The van der Waals surface area contributed by atoms with Gasteiger partial charge >= 0.3 is 0 Å². The third kappa shape index (κ3) is 6.36. The van der Waals surface area contributed by atoms with Crippen LogP contribution in [0.1, 0.15) is 33.6 Å². The van der Waals surface area contributed by atoms with E-state index in [0.29, 0.717) is 19.8 Å². The number of nitrogens with two attached hydrogens (primary N) is 1. The first-order valence-corrected chi connectivity index (χ1v) is 6.66. The summed E-state index contributed by atoms with van der Waals surface area (Å²) in [5.41, 5.74) is 6.00. The minimum absolute atomic E-state index is 0.126. The fourth-order valence-electron chi connectivity index (χ4n) is 1.91. The number of likely N-dealkylation sites (N-methyl/N-ethyl adjacent to an activating group) is 1. The first-order chi connectivity index (χ1) is 8.14. The highest BCUT2D eigenvalue weighted by Crippen LogP contribution is 2.17. The normalized spacial score (nSPS) is 15.2. The van der Waals surface area contributed by atoms with E-state index in [1.807, 2.05) is 0 Å². The van der Waals surface area contributed by atoms with Crippen LogP contribution in [0.4, 0.5) is 0 Å². The maximum absolute atomic E-state index is 5.87. The molecule has 0 aliphatic rings. The summed E-state index contributed by atoms with van der Waals surface area (Å²) in [6.07, 6.45) is 2.13. The molecule has 104 valence electrons. The van der Waals surface area contributed by atoms with Gasteiger partial charge in [-0.15, -0.1) is 0 Å². The van der Waals surface area contributed by atoms with Gasteiger partial charge in [-0.05, 0) is 26.3 Å². The lowest BCUT2D eigenvalue weighted by molar-refractivity contribution is 0.0540. The quantitative estimate of drug-likeness (QED) is 0.561. The van der Waals surface area contributed by atoms with Gasteiger partial charge in [0.15, 0.2) is 0 Å². The number of nitrogens with zero attached hydrogens (tertiary/aromatic N) is 1. The van der Waals surface area contributed by atoms with Crippen LogP contribution >= 0.6 is 0 Å². The van der Waals surface area contributed by atoms with E-state index in [-0.39, 0.29) is 5.54 Å². The Morgan fingerprint density at radius 1 is 1.18 bits per heavy atom. The summed E-state index contributed by atoms with van der Waals surface area (Å²) in [6.45, 7) is 11.6. The molecule has 0 fully saturated rings. The first kappa shape index (κ1) is 16.8. The molecule has 0 heterocycles. The van der Waals surface area contributed by atoms with E-state index in [1.54, 1.807) is 7.11 Å². The topological polar surface area (TPSA) is 47.7 Å². The average molecular weight is 246 g/mol. The van der Waals surface area contributed by atoms with Crippen molar-refractivity contribution in [3.05, 3.63) is 0 Å². The van der Waals surface area contributed by atoms with Gasteiger partial charge in [0.2, 0.25) is 0 Å². The Labute approximate surface area is 106 Å². The van der Waals surface area contributed by atoms with Gasteiger partial charge in [-0.1, -0.05) is 13.8 Å². The third-order valence-corrected chi connectivity index (χ3v) is 3.50. The largest absolute Gasteiger partial charge is 0.382 e. The number of ether oxygens (including phenoxy) is 2. The molecule has 0 saturated heterocycles. The predicted octanol–water partition coefficient (Wildman–Crippen LogP) is 1.49. The number of hydrogen-bond acceptors (Lipinski definition) is 4. The molecule has 4 nitrogen and oxygen atoms in total. The molecular formula is C13H30N2O2. The van der Waals surface area contributed by atoms with E-state index in [1.165, 1.54) is 0 Å². The SMILES string of the molecule is CCN(CCCOCCOC)C(C)(CC)CN. The van der Waals surface area contributed by atoms with Crippen LogP contribution in [-0.2, 0) is 9.47 Å². The lowest BCUT2D eigenvalue weighted by atomic mass is 9.96. The molecule has 1 atom stereocenters. The Bertz CT molecular complexity index is 173. The van der Waals surface area contributed by atoms with Crippen molar-refractivity contribution in [2.75, 3.05) is 46.6 Å². The van der Waals surface area contributed by atoms with Gasteiger partial charge in [0.05, 0.1) is 13.2 Å². The van der Waals surface area contributed by atoms with Gasteiger partial charge in [0, 0.05) is 32.3 Å². The average Bonchev–Trinajstić information content (AvgIpc) is 2.37. The van der Waals surface area contributed by atoms with Crippen molar-refractivity contribution < 1.29 is 9.47 Å². The third-order valence-electron chi connectivity index (χ3n) is 3.50. The van der Waals surface area contributed by atoms with Crippen LogP contribution in [0.25, 0.3) is 0 Å². The van der Waals surface area contributed by atoms with Crippen molar-refractivity contribution in [1.29, 1.82) is 0 Å². The summed E-state index contributed by atoms with van der Waals surface area (Å²) < 4.78 is 10.4. The highest BCUT2D eigenvalue weighted by Gasteiger charge is 2.26. The molecule has 0 saturated carbocycles. The molecule has 0 aromatic heterocycles. The Kier molecular flexibility index (Phi) is 9.74. The van der Waals surface area contributed by atoms with E-state index in [0.717, 1.165) is 32.5 Å². The summed E-state index contributed by atoms with van der Waals surface area (Å²) in [4.78, 5) is 2.45. The fourth-order valence-corrected chi connectivity index (χ4v) is 1.91. The second-order valence-corrected chi connectivity index (χ2v) is 4.59. The number of hydrogen-bond donors (Lipinski definition) is 1. The van der Waals surface area contributed by atoms with Crippen LogP contribution in [0, 0.1) is 0 Å². The Morgan fingerprint density at radius 2 is 1.88 bits per heavy atom. The van der Waals surface area contributed by atoms with E-state index >= 15 is 0 Å². The Balaban J connectivity index is 3.82. The molecule has 0 spiro atoms. The molecule has 1 unspecified atom stereocenters. The van der Waals surface area contributed by atoms with Crippen molar-refractivity contribution in [3.63, 3.8) is 0 Å². The van der Waals surface area contributed by atoms with E-state index in [2.05, 4.69) is 25.7 Å². The molecule has 0 aromatic carbocycles. The second kappa shape index (κ2) is 9.83. The predicted molar refractivity (Wildman–Crippen MR) is 72.3 cm³/mol. The van der Waals surface area contributed by atoms with Gasteiger partial charge in [-0.25, -0.2) is 0 Å². The van der Waals surface area contributed by atoms with Crippen molar-refractivity contribution in [1.82, 2.24) is 4.90 Å². The highest BCUT2D eigenvalue weighted by atomic mass is 16.5. The van der Waals surface area contributed by atoms with Gasteiger partial charge in [0.25, 0.3) is 0 Å². The smallest absolute Gasteiger partial charge is 0.0700 e. The minimum Gasteiger partial charge on any atom is -0.382 e. The zero-order valence-corrected chi connectivity index (χ0v) is 12.0. The van der Waals surface area contributed by atoms with Crippen LogP contribution in [0.5, 0.6) is 0 Å². The molecule has 0 radical (unpaired) electrons. The lowest BCUT2D eigenvalue weighted by Crippen LogP contribution is -2.51.